The number of rotatable bonds is 4. The molecule has 1 aliphatic heterocycles. The number of aliphatic hydroxyl groups is 1. The molecule has 1 N–H and O–H groups in total. The second-order valence-corrected chi connectivity index (χ2v) is 6.63. The number of hydrogen-bond acceptors (Lipinski definition) is 4. The van der Waals surface area contributed by atoms with Gasteiger partial charge in [-0.2, -0.15) is 0 Å². The Balaban J connectivity index is 1.38. The van der Waals surface area contributed by atoms with Crippen molar-refractivity contribution in [1.29, 1.82) is 0 Å². The van der Waals surface area contributed by atoms with E-state index in [-0.39, 0.29) is 5.82 Å². The molecule has 6 heteroatoms. The van der Waals surface area contributed by atoms with Crippen molar-refractivity contribution in [3.63, 3.8) is 0 Å². The summed E-state index contributed by atoms with van der Waals surface area (Å²) in [6, 6.07) is 12.1. The summed E-state index contributed by atoms with van der Waals surface area (Å²) in [6.07, 6.45) is 3.29. The van der Waals surface area contributed by atoms with Gasteiger partial charge < -0.3 is 10.0 Å². The molecule has 130 valence electrons. The lowest BCUT2D eigenvalue weighted by atomic mass is 9.95. The number of likely N-dealkylation sites (tertiary alicyclic amines) is 1. The van der Waals surface area contributed by atoms with Crippen LogP contribution in [0, 0.1) is 5.82 Å². The minimum absolute atomic E-state index is 0.311. The van der Waals surface area contributed by atoms with E-state index in [2.05, 4.69) is 19.5 Å². The van der Waals surface area contributed by atoms with Crippen LogP contribution in [0.2, 0.25) is 0 Å². The van der Waals surface area contributed by atoms with Gasteiger partial charge in [0, 0.05) is 18.7 Å². The zero-order valence-corrected chi connectivity index (χ0v) is 13.9. The quantitative estimate of drug-likeness (QED) is 0.793. The normalized spacial score (nSPS) is 17.8. The monoisotopic (exact) mass is 340 g/mol. The van der Waals surface area contributed by atoms with Crippen LogP contribution in [0.1, 0.15) is 36.3 Å². The highest BCUT2D eigenvalue weighted by molar-refractivity contribution is 5.37. The third-order valence-electron chi connectivity index (χ3n) is 4.96. The van der Waals surface area contributed by atoms with E-state index in [0.29, 0.717) is 18.0 Å². The zero-order chi connectivity index (χ0) is 17.2. The van der Waals surface area contributed by atoms with Crippen LogP contribution in [-0.2, 0) is 0 Å². The van der Waals surface area contributed by atoms with Crippen molar-refractivity contribution in [3.05, 3.63) is 65.9 Å². The Hall–Kier alpha value is -2.31. The van der Waals surface area contributed by atoms with Crippen LogP contribution in [-0.4, -0.2) is 44.2 Å². The number of pyridine rings is 1. The summed E-state index contributed by atoms with van der Waals surface area (Å²) in [5.41, 5.74) is 1.51. The van der Waals surface area contributed by atoms with Crippen molar-refractivity contribution < 1.29 is 9.50 Å². The van der Waals surface area contributed by atoms with Crippen molar-refractivity contribution in [1.82, 2.24) is 19.5 Å². The van der Waals surface area contributed by atoms with Crippen LogP contribution >= 0.6 is 0 Å². The van der Waals surface area contributed by atoms with Gasteiger partial charge in [0.1, 0.15) is 11.6 Å². The molecule has 0 radical (unpaired) electrons. The number of aliphatic hydroxyl groups excluding tert-OH is 1. The minimum Gasteiger partial charge on any atom is -0.387 e. The van der Waals surface area contributed by atoms with Gasteiger partial charge in [-0.25, -0.2) is 4.39 Å². The second-order valence-electron chi connectivity index (χ2n) is 6.63. The number of fused-ring (bicyclic) bond motifs is 1. The van der Waals surface area contributed by atoms with E-state index < -0.39 is 6.10 Å². The molecule has 0 saturated carbocycles. The maximum atomic E-state index is 13.3. The van der Waals surface area contributed by atoms with Crippen molar-refractivity contribution in [2.75, 3.05) is 19.6 Å². The topological polar surface area (TPSA) is 53.7 Å². The summed E-state index contributed by atoms with van der Waals surface area (Å²) in [5.74, 6) is 1.08. The molecule has 3 heterocycles. The molecule has 1 fully saturated rings. The molecule has 0 aliphatic carbocycles. The van der Waals surface area contributed by atoms with Crippen molar-refractivity contribution in [3.8, 4) is 0 Å². The molecule has 4 rings (SSSR count). The van der Waals surface area contributed by atoms with Crippen molar-refractivity contribution in [2.45, 2.75) is 24.9 Å². The fourth-order valence-electron chi connectivity index (χ4n) is 3.58. The fraction of sp³-hybridized carbons (Fsp3) is 0.368. The SMILES string of the molecule is O[C@@H](CN1CCC(c2nnc3ccccn23)CC1)c1cccc(F)c1. The van der Waals surface area contributed by atoms with Gasteiger partial charge in [-0.3, -0.25) is 4.40 Å². The van der Waals surface area contributed by atoms with Gasteiger partial charge >= 0.3 is 0 Å². The maximum absolute atomic E-state index is 13.3. The first-order valence-corrected chi connectivity index (χ1v) is 8.66. The maximum Gasteiger partial charge on any atom is 0.160 e. The summed E-state index contributed by atoms with van der Waals surface area (Å²) in [5, 5.41) is 19.0. The first-order valence-electron chi connectivity index (χ1n) is 8.66. The van der Waals surface area contributed by atoms with E-state index in [4.69, 9.17) is 0 Å². The lowest BCUT2D eigenvalue weighted by Crippen LogP contribution is -2.36. The minimum atomic E-state index is -0.666. The molecular formula is C19H21FN4O. The highest BCUT2D eigenvalue weighted by Gasteiger charge is 2.25. The molecule has 5 nitrogen and oxygen atoms in total. The molecule has 0 bridgehead atoms. The van der Waals surface area contributed by atoms with E-state index in [0.717, 1.165) is 37.4 Å². The summed E-state index contributed by atoms with van der Waals surface area (Å²) in [6.45, 7) is 2.30. The summed E-state index contributed by atoms with van der Waals surface area (Å²) in [7, 11) is 0. The van der Waals surface area contributed by atoms with Crippen LogP contribution in [0.25, 0.3) is 5.65 Å². The van der Waals surface area contributed by atoms with Gasteiger partial charge in [0.25, 0.3) is 0 Å². The van der Waals surface area contributed by atoms with Crippen LogP contribution < -0.4 is 0 Å². The number of piperidine rings is 1. The molecule has 0 unspecified atom stereocenters. The molecule has 1 saturated heterocycles. The first kappa shape index (κ1) is 16.2. The summed E-state index contributed by atoms with van der Waals surface area (Å²) < 4.78 is 15.4. The highest BCUT2D eigenvalue weighted by Crippen LogP contribution is 2.28. The molecule has 3 aromatic rings. The highest BCUT2D eigenvalue weighted by atomic mass is 19.1. The van der Waals surface area contributed by atoms with Gasteiger partial charge in [0.05, 0.1) is 6.10 Å². The van der Waals surface area contributed by atoms with Gasteiger partial charge in [-0.1, -0.05) is 18.2 Å². The van der Waals surface area contributed by atoms with Gasteiger partial charge in [-0.05, 0) is 55.8 Å². The predicted octanol–water partition coefficient (Wildman–Crippen LogP) is 2.78. The standard InChI is InChI=1S/C19H21FN4O/c20-16-5-3-4-15(12-16)17(25)13-23-10-7-14(8-11-23)19-22-21-18-6-1-2-9-24(18)19/h1-6,9,12,14,17,25H,7-8,10-11,13H2/t17-/m0/s1. The number of halogens is 1. The molecule has 25 heavy (non-hydrogen) atoms. The Bertz CT molecular complexity index is 857. The Morgan fingerprint density at radius 1 is 1.12 bits per heavy atom. The van der Waals surface area contributed by atoms with Gasteiger partial charge in [0.15, 0.2) is 5.65 Å². The average molecular weight is 340 g/mol. The number of aromatic nitrogens is 3. The van der Waals surface area contributed by atoms with Gasteiger partial charge in [0.2, 0.25) is 0 Å². The first-order chi connectivity index (χ1) is 12.2. The lowest BCUT2D eigenvalue weighted by molar-refractivity contribution is 0.0963. The number of β-amino-alcohol motifs (C(OH)–C–C–N with tert-alkyl or cyclic N) is 1. The van der Waals surface area contributed by atoms with Crippen LogP contribution in [0.4, 0.5) is 4.39 Å². The van der Waals surface area contributed by atoms with E-state index in [1.54, 1.807) is 12.1 Å². The van der Waals surface area contributed by atoms with Crippen LogP contribution in [0.5, 0.6) is 0 Å². The summed E-state index contributed by atoms with van der Waals surface area (Å²) >= 11 is 0. The third-order valence-corrected chi connectivity index (χ3v) is 4.96. The van der Waals surface area contributed by atoms with Crippen molar-refractivity contribution >= 4 is 5.65 Å². The van der Waals surface area contributed by atoms with E-state index in [1.807, 2.05) is 24.4 Å². The Morgan fingerprint density at radius 3 is 2.76 bits per heavy atom. The zero-order valence-electron chi connectivity index (χ0n) is 13.9. The molecule has 0 spiro atoms. The average Bonchev–Trinajstić information content (AvgIpc) is 3.06. The Kier molecular flexibility index (Phi) is 4.46. The number of benzene rings is 1. The molecule has 1 atom stereocenters. The van der Waals surface area contributed by atoms with Gasteiger partial charge in [-0.15, -0.1) is 10.2 Å². The third kappa shape index (κ3) is 3.41. The van der Waals surface area contributed by atoms with E-state index >= 15 is 0 Å². The van der Waals surface area contributed by atoms with E-state index in [1.165, 1.54) is 12.1 Å². The molecule has 1 aromatic carbocycles. The largest absolute Gasteiger partial charge is 0.387 e. The number of nitrogens with zero attached hydrogens (tertiary/aromatic N) is 4. The van der Waals surface area contributed by atoms with Crippen LogP contribution in [0.15, 0.2) is 48.7 Å². The lowest BCUT2D eigenvalue weighted by Gasteiger charge is -2.32. The summed E-state index contributed by atoms with van der Waals surface area (Å²) in [4.78, 5) is 2.23. The van der Waals surface area contributed by atoms with Crippen molar-refractivity contribution in [2.24, 2.45) is 0 Å². The smallest absolute Gasteiger partial charge is 0.160 e. The Labute approximate surface area is 145 Å². The van der Waals surface area contributed by atoms with E-state index in [9.17, 15) is 9.50 Å². The second kappa shape index (κ2) is 6.90. The molecule has 1 aliphatic rings. The number of hydrogen-bond donors (Lipinski definition) is 1. The molecular weight excluding hydrogens is 319 g/mol. The fourth-order valence-corrected chi connectivity index (χ4v) is 3.58. The predicted molar refractivity (Wildman–Crippen MR) is 92.8 cm³/mol. The Morgan fingerprint density at radius 2 is 1.96 bits per heavy atom. The van der Waals surface area contributed by atoms with Crippen LogP contribution in [0.3, 0.4) is 0 Å². The molecule has 2 aromatic heterocycles. The molecule has 0 amide bonds.